The van der Waals surface area contributed by atoms with Crippen molar-refractivity contribution in [1.82, 2.24) is 9.88 Å². The normalized spacial score (nSPS) is 15.6. The van der Waals surface area contributed by atoms with Gasteiger partial charge in [-0.15, -0.1) is 0 Å². The number of rotatable bonds is 4. The van der Waals surface area contributed by atoms with Gasteiger partial charge in [-0.1, -0.05) is 36.4 Å². The van der Waals surface area contributed by atoms with E-state index in [9.17, 15) is 18.0 Å². The van der Waals surface area contributed by atoms with Crippen molar-refractivity contribution < 1.29 is 18.0 Å². The van der Waals surface area contributed by atoms with Gasteiger partial charge in [0.2, 0.25) is 10.0 Å². The Kier molecular flexibility index (Phi) is 4.47. The summed E-state index contributed by atoms with van der Waals surface area (Å²) in [5.74, 6) is -1.74. The first-order valence-corrected chi connectivity index (χ1v) is 9.31. The van der Waals surface area contributed by atoms with E-state index in [1.54, 1.807) is 6.08 Å². The summed E-state index contributed by atoms with van der Waals surface area (Å²) in [4.78, 5) is 30.5. The highest BCUT2D eigenvalue weighted by Gasteiger charge is 2.33. The number of aromatic nitrogens is 1. The molecular formula is C18H17N3O4S. The molecule has 1 aliphatic carbocycles. The molecule has 0 aliphatic heterocycles. The van der Waals surface area contributed by atoms with Crippen LogP contribution in [-0.4, -0.2) is 44.1 Å². The number of nitrogens with zero attached hydrogens (tertiary/aromatic N) is 2. The van der Waals surface area contributed by atoms with Crippen molar-refractivity contribution in [2.75, 3.05) is 14.1 Å². The van der Waals surface area contributed by atoms with Crippen LogP contribution in [0.4, 0.5) is 0 Å². The molecule has 1 aromatic carbocycles. The van der Waals surface area contributed by atoms with Crippen molar-refractivity contribution in [3.63, 3.8) is 0 Å². The molecule has 1 aliphatic rings. The Balaban J connectivity index is 2.18. The predicted molar refractivity (Wildman–Crippen MR) is 96.2 cm³/mol. The maximum Gasteiger partial charge on any atom is 0.257 e. The minimum atomic E-state index is -4.21. The fraction of sp³-hybridized carbons (Fsp3) is 0.167. The Bertz CT molecular complexity index is 1040. The number of primary sulfonamides is 1. The summed E-state index contributed by atoms with van der Waals surface area (Å²) in [6.45, 7) is 0. The van der Waals surface area contributed by atoms with E-state index in [-0.39, 0.29) is 11.3 Å². The van der Waals surface area contributed by atoms with Gasteiger partial charge in [0.25, 0.3) is 5.91 Å². The molecule has 0 bridgehead atoms. The third-order valence-corrected chi connectivity index (χ3v) is 5.11. The number of nitrogens with two attached hydrogens (primary N) is 1. The van der Waals surface area contributed by atoms with Crippen LogP contribution in [0.3, 0.4) is 0 Å². The van der Waals surface area contributed by atoms with Crippen molar-refractivity contribution in [2.45, 2.75) is 10.8 Å². The summed E-state index contributed by atoms with van der Waals surface area (Å²) in [6.07, 6.45) is 4.70. The maximum atomic E-state index is 13.1. The lowest BCUT2D eigenvalue weighted by molar-refractivity contribution is 0.0814. The van der Waals surface area contributed by atoms with Crippen molar-refractivity contribution in [2.24, 2.45) is 5.14 Å². The molecular weight excluding hydrogens is 354 g/mol. The Labute approximate surface area is 151 Å². The van der Waals surface area contributed by atoms with Gasteiger partial charge >= 0.3 is 0 Å². The fourth-order valence-corrected chi connectivity index (χ4v) is 3.64. The Morgan fingerprint density at radius 3 is 2.50 bits per heavy atom. The van der Waals surface area contributed by atoms with E-state index < -0.39 is 32.5 Å². The maximum absolute atomic E-state index is 13.1. The van der Waals surface area contributed by atoms with Crippen molar-refractivity contribution in [3.05, 3.63) is 65.0 Å². The summed E-state index contributed by atoms with van der Waals surface area (Å²) >= 11 is 0. The van der Waals surface area contributed by atoms with Crippen LogP contribution >= 0.6 is 0 Å². The standard InChI is InChI=1S/C18H17N3O4S/c1-21(2)18(23)15-14(26(19,24)25)9-10-20-16(15)17(22)13-8-7-11-5-3-4-6-12(11)13/h3-10,13H,1-2H3,(H2,19,24,25). The highest BCUT2D eigenvalue weighted by Crippen LogP contribution is 2.33. The van der Waals surface area contributed by atoms with Gasteiger partial charge in [0.15, 0.2) is 5.78 Å². The second kappa shape index (κ2) is 6.47. The van der Waals surface area contributed by atoms with E-state index in [4.69, 9.17) is 5.14 Å². The van der Waals surface area contributed by atoms with Crippen LogP contribution in [0.5, 0.6) is 0 Å². The van der Waals surface area contributed by atoms with Crippen LogP contribution in [0.2, 0.25) is 0 Å². The lowest BCUT2D eigenvalue weighted by Crippen LogP contribution is -2.29. The van der Waals surface area contributed by atoms with Crippen molar-refractivity contribution >= 4 is 27.8 Å². The molecule has 0 spiro atoms. The summed E-state index contributed by atoms with van der Waals surface area (Å²) in [6, 6.07) is 8.48. The molecule has 3 rings (SSSR count). The number of allylic oxidation sites excluding steroid dienone is 1. The molecule has 1 atom stereocenters. The van der Waals surface area contributed by atoms with Gasteiger partial charge in [0.1, 0.15) is 5.69 Å². The molecule has 2 aromatic rings. The molecule has 7 nitrogen and oxygen atoms in total. The van der Waals surface area contributed by atoms with E-state index >= 15 is 0 Å². The zero-order chi connectivity index (χ0) is 19.1. The van der Waals surface area contributed by atoms with Gasteiger partial charge in [-0.25, -0.2) is 13.6 Å². The van der Waals surface area contributed by atoms with Crippen LogP contribution in [-0.2, 0) is 10.0 Å². The van der Waals surface area contributed by atoms with Gasteiger partial charge < -0.3 is 4.90 Å². The number of pyridine rings is 1. The number of carbonyl (C=O) groups excluding carboxylic acids is 2. The largest absolute Gasteiger partial charge is 0.345 e. The lowest BCUT2D eigenvalue weighted by atomic mass is 9.92. The molecule has 1 aromatic heterocycles. The predicted octanol–water partition coefficient (Wildman–Crippen LogP) is 1.42. The van der Waals surface area contributed by atoms with Gasteiger partial charge in [-0.05, 0) is 17.2 Å². The Hall–Kier alpha value is -2.84. The minimum absolute atomic E-state index is 0.207. The number of fused-ring (bicyclic) bond motifs is 1. The molecule has 0 fully saturated rings. The number of sulfonamides is 1. The number of hydrogen-bond acceptors (Lipinski definition) is 5. The number of Topliss-reactive ketones (excluding diaryl/α,β-unsaturated/α-hetero) is 1. The molecule has 0 saturated carbocycles. The lowest BCUT2D eigenvalue weighted by Gasteiger charge is -2.17. The highest BCUT2D eigenvalue weighted by atomic mass is 32.2. The quantitative estimate of drug-likeness (QED) is 0.817. The minimum Gasteiger partial charge on any atom is -0.345 e. The molecule has 0 saturated heterocycles. The van der Waals surface area contributed by atoms with Crippen LogP contribution in [0.15, 0.2) is 47.5 Å². The zero-order valence-corrected chi connectivity index (χ0v) is 15.0. The van der Waals surface area contributed by atoms with Gasteiger partial charge in [-0.3, -0.25) is 14.6 Å². The molecule has 8 heteroatoms. The van der Waals surface area contributed by atoms with Crippen LogP contribution in [0.25, 0.3) is 6.08 Å². The first-order chi connectivity index (χ1) is 12.2. The Morgan fingerprint density at radius 2 is 1.85 bits per heavy atom. The van der Waals surface area contributed by atoms with Gasteiger partial charge in [-0.2, -0.15) is 0 Å². The van der Waals surface area contributed by atoms with Gasteiger partial charge in [0, 0.05) is 20.3 Å². The van der Waals surface area contributed by atoms with E-state index in [0.717, 1.165) is 17.2 Å². The summed E-state index contributed by atoms with van der Waals surface area (Å²) in [5, 5.41) is 5.24. The third kappa shape index (κ3) is 3.04. The number of carbonyl (C=O) groups is 2. The molecule has 2 N–H and O–H groups in total. The molecule has 1 unspecified atom stereocenters. The number of ketones is 1. The number of benzene rings is 1. The molecule has 1 amide bonds. The summed E-state index contributed by atoms with van der Waals surface area (Å²) in [7, 11) is -1.29. The SMILES string of the molecule is CN(C)C(=O)c1c(S(N)(=O)=O)ccnc1C(=O)C1C=Cc2ccccc21. The van der Waals surface area contributed by atoms with E-state index in [2.05, 4.69) is 4.98 Å². The van der Waals surface area contributed by atoms with E-state index in [1.807, 2.05) is 30.3 Å². The van der Waals surface area contributed by atoms with Crippen LogP contribution in [0.1, 0.15) is 37.9 Å². The second-order valence-corrected chi connectivity index (χ2v) is 7.64. The zero-order valence-electron chi connectivity index (χ0n) is 14.2. The average Bonchev–Trinajstić information content (AvgIpc) is 3.03. The molecule has 1 heterocycles. The third-order valence-electron chi connectivity index (χ3n) is 4.15. The second-order valence-electron chi connectivity index (χ2n) is 6.11. The van der Waals surface area contributed by atoms with E-state index in [1.165, 1.54) is 25.2 Å². The fourth-order valence-electron chi connectivity index (χ4n) is 2.92. The molecule has 0 radical (unpaired) electrons. The first kappa shape index (κ1) is 18.0. The highest BCUT2D eigenvalue weighted by molar-refractivity contribution is 7.89. The average molecular weight is 371 g/mol. The van der Waals surface area contributed by atoms with E-state index in [0.29, 0.717) is 0 Å². The summed E-state index contributed by atoms with van der Waals surface area (Å²) < 4.78 is 23.9. The van der Waals surface area contributed by atoms with Crippen LogP contribution < -0.4 is 5.14 Å². The monoisotopic (exact) mass is 371 g/mol. The summed E-state index contributed by atoms with van der Waals surface area (Å²) in [5.41, 5.74) is 1.17. The smallest absolute Gasteiger partial charge is 0.257 e. The van der Waals surface area contributed by atoms with Crippen molar-refractivity contribution in [1.29, 1.82) is 0 Å². The number of hydrogen-bond donors (Lipinski definition) is 1. The number of amides is 1. The van der Waals surface area contributed by atoms with Gasteiger partial charge in [0.05, 0.1) is 16.4 Å². The van der Waals surface area contributed by atoms with Crippen molar-refractivity contribution in [3.8, 4) is 0 Å². The first-order valence-electron chi connectivity index (χ1n) is 7.76. The molecule has 134 valence electrons. The Morgan fingerprint density at radius 1 is 1.15 bits per heavy atom. The molecule has 26 heavy (non-hydrogen) atoms. The van der Waals surface area contributed by atoms with Crippen LogP contribution in [0, 0.1) is 0 Å². The topological polar surface area (TPSA) is 110 Å².